The first-order chi connectivity index (χ1) is 18.5. The Bertz CT molecular complexity index is 1420. The first kappa shape index (κ1) is 26.5. The van der Waals surface area contributed by atoms with Gasteiger partial charge in [-0.2, -0.15) is 5.06 Å². The highest BCUT2D eigenvalue weighted by Gasteiger charge is 2.11. The lowest BCUT2D eigenvalue weighted by atomic mass is 10.0. The van der Waals surface area contributed by atoms with Gasteiger partial charge in [0.25, 0.3) is 0 Å². The molecule has 38 heavy (non-hydrogen) atoms. The predicted octanol–water partition coefficient (Wildman–Crippen LogP) is 4.88. The van der Waals surface area contributed by atoms with Crippen LogP contribution in [0.2, 0.25) is 0 Å². The van der Waals surface area contributed by atoms with Crippen LogP contribution in [0.4, 0.5) is 23.0 Å². The van der Waals surface area contributed by atoms with Gasteiger partial charge in [0.15, 0.2) is 0 Å². The first-order valence-corrected chi connectivity index (χ1v) is 12.2. The SMILES string of the molecule is C=CC(=O)Nc1cccc(-c2cccc3cnc(Nc4ccc(N(CCC=O)CCN(C)O)cc4)nc23)c1. The number of amides is 1. The quantitative estimate of drug-likeness (QED) is 0.141. The van der Waals surface area contributed by atoms with E-state index >= 15 is 0 Å². The Morgan fingerprint density at radius 1 is 1.03 bits per heavy atom. The Labute approximate surface area is 221 Å². The fraction of sp³-hybridized carbons (Fsp3) is 0.172. The number of nitrogens with zero attached hydrogens (tertiary/aromatic N) is 4. The van der Waals surface area contributed by atoms with Gasteiger partial charge in [0.2, 0.25) is 11.9 Å². The van der Waals surface area contributed by atoms with Crippen molar-refractivity contribution in [2.75, 3.05) is 42.2 Å². The van der Waals surface area contributed by atoms with Crippen molar-refractivity contribution in [3.05, 3.63) is 85.6 Å². The van der Waals surface area contributed by atoms with Crippen LogP contribution >= 0.6 is 0 Å². The van der Waals surface area contributed by atoms with E-state index in [9.17, 15) is 14.8 Å². The van der Waals surface area contributed by atoms with E-state index in [0.29, 0.717) is 37.7 Å². The van der Waals surface area contributed by atoms with Crippen molar-refractivity contribution >= 4 is 46.1 Å². The second-order valence-corrected chi connectivity index (χ2v) is 8.71. The molecular weight excluding hydrogens is 480 g/mol. The molecule has 0 bridgehead atoms. The van der Waals surface area contributed by atoms with Crippen LogP contribution in [-0.4, -0.2) is 59.1 Å². The largest absolute Gasteiger partial charge is 0.370 e. The number of nitrogens with one attached hydrogen (secondary N) is 2. The highest BCUT2D eigenvalue weighted by molar-refractivity contribution is 6.00. The van der Waals surface area contributed by atoms with Crippen LogP contribution in [0, 0.1) is 0 Å². The molecule has 4 rings (SSSR count). The average Bonchev–Trinajstić information content (AvgIpc) is 2.93. The molecule has 4 aromatic rings. The van der Waals surface area contributed by atoms with Crippen molar-refractivity contribution in [3.8, 4) is 11.1 Å². The van der Waals surface area contributed by atoms with Crippen LogP contribution in [-0.2, 0) is 9.59 Å². The van der Waals surface area contributed by atoms with Crippen LogP contribution in [0.5, 0.6) is 0 Å². The fourth-order valence-electron chi connectivity index (χ4n) is 4.04. The number of anilines is 4. The number of para-hydroxylation sites is 1. The Hall–Kier alpha value is -4.60. The summed E-state index contributed by atoms with van der Waals surface area (Å²) in [6, 6.07) is 21.2. The number of rotatable bonds is 12. The Balaban J connectivity index is 1.57. The maximum absolute atomic E-state index is 11.7. The molecule has 0 aliphatic heterocycles. The molecule has 0 unspecified atom stereocenters. The minimum atomic E-state index is -0.271. The molecule has 0 aliphatic rings. The number of benzene rings is 3. The summed E-state index contributed by atoms with van der Waals surface area (Å²) in [6.45, 7) is 5.11. The highest BCUT2D eigenvalue weighted by Crippen LogP contribution is 2.30. The predicted molar refractivity (Wildman–Crippen MR) is 151 cm³/mol. The zero-order valence-corrected chi connectivity index (χ0v) is 21.2. The summed E-state index contributed by atoms with van der Waals surface area (Å²) in [4.78, 5) is 33.9. The standard InChI is InChI=1S/C29H30N6O3/c1-3-27(37)31-24-9-4-7-21(19-24)26-10-5-8-22-20-30-29(33-28(22)26)32-23-11-13-25(14-12-23)35(15-6-18-36)17-16-34(2)38/h3-5,7-14,18-20,38H,1,6,15-17H2,2H3,(H,31,37)(H,30,32,33). The van der Waals surface area contributed by atoms with Gasteiger partial charge in [0.1, 0.15) is 6.29 Å². The molecule has 9 nitrogen and oxygen atoms in total. The van der Waals surface area contributed by atoms with Gasteiger partial charge in [-0.15, -0.1) is 0 Å². The Kier molecular flexibility index (Phi) is 8.76. The highest BCUT2D eigenvalue weighted by atomic mass is 16.5. The monoisotopic (exact) mass is 510 g/mol. The van der Waals surface area contributed by atoms with Crippen molar-refractivity contribution in [1.29, 1.82) is 0 Å². The van der Waals surface area contributed by atoms with Crippen LogP contribution in [0.15, 0.2) is 85.6 Å². The van der Waals surface area contributed by atoms with E-state index in [1.165, 1.54) is 6.08 Å². The number of fused-ring (bicyclic) bond motifs is 1. The van der Waals surface area contributed by atoms with Crippen LogP contribution in [0.3, 0.4) is 0 Å². The molecule has 0 aliphatic carbocycles. The second-order valence-electron chi connectivity index (χ2n) is 8.71. The molecule has 9 heteroatoms. The van der Waals surface area contributed by atoms with Crippen LogP contribution < -0.4 is 15.5 Å². The van der Waals surface area contributed by atoms with Gasteiger partial charge in [-0.05, 0) is 48.0 Å². The Morgan fingerprint density at radius 2 is 1.82 bits per heavy atom. The molecule has 0 radical (unpaired) electrons. The molecule has 0 atom stereocenters. The molecule has 3 N–H and O–H groups in total. The van der Waals surface area contributed by atoms with Crippen molar-refractivity contribution in [2.24, 2.45) is 0 Å². The number of carbonyl (C=O) groups is 2. The van der Waals surface area contributed by atoms with E-state index in [2.05, 4.69) is 27.1 Å². The summed E-state index contributed by atoms with van der Waals surface area (Å²) >= 11 is 0. The smallest absolute Gasteiger partial charge is 0.247 e. The maximum atomic E-state index is 11.7. The number of hydrogen-bond donors (Lipinski definition) is 3. The number of carbonyl (C=O) groups excluding carboxylic acids is 2. The van der Waals surface area contributed by atoms with E-state index in [1.54, 1.807) is 13.2 Å². The van der Waals surface area contributed by atoms with Gasteiger partial charge in [-0.1, -0.05) is 36.9 Å². The van der Waals surface area contributed by atoms with Crippen molar-refractivity contribution in [2.45, 2.75) is 6.42 Å². The van der Waals surface area contributed by atoms with Gasteiger partial charge < -0.3 is 25.5 Å². The fourth-order valence-corrected chi connectivity index (χ4v) is 4.04. The average molecular weight is 511 g/mol. The van der Waals surface area contributed by atoms with Crippen molar-refractivity contribution in [1.82, 2.24) is 15.0 Å². The van der Waals surface area contributed by atoms with Crippen molar-refractivity contribution < 1.29 is 14.8 Å². The molecule has 0 saturated carbocycles. The number of aromatic nitrogens is 2. The first-order valence-electron chi connectivity index (χ1n) is 12.2. The van der Waals surface area contributed by atoms with Gasteiger partial charge in [0.05, 0.1) is 5.52 Å². The molecule has 0 fully saturated rings. The molecular formula is C29H30N6O3. The third-order valence-electron chi connectivity index (χ3n) is 5.94. The lowest BCUT2D eigenvalue weighted by Gasteiger charge is -2.25. The van der Waals surface area contributed by atoms with Crippen LogP contribution in [0.1, 0.15) is 6.42 Å². The lowest BCUT2D eigenvalue weighted by Crippen LogP contribution is -2.32. The molecule has 194 valence electrons. The van der Waals surface area contributed by atoms with E-state index in [0.717, 1.165) is 44.8 Å². The minimum Gasteiger partial charge on any atom is -0.370 e. The van der Waals surface area contributed by atoms with E-state index < -0.39 is 0 Å². The number of aldehydes is 1. The summed E-state index contributed by atoms with van der Waals surface area (Å²) in [5.74, 6) is 0.182. The van der Waals surface area contributed by atoms with Gasteiger partial charge >= 0.3 is 0 Å². The van der Waals surface area contributed by atoms with Gasteiger partial charge in [-0.25, -0.2) is 9.97 Å². The summed E-state index contributed by atoms with van der Waals surface area (Å²) in [5, 5.41) is 17.6. The normalized spacial score (nSPS) is 10.8. The zero-order valence-electron chi connectivity index (χ0n) is 21.2. The zero-order chi connectivity index (χ0) is 26.9. The third-order valence-corrected chi connectivity index (χ3v) is 5.94. The van der Waals surface area contributed by atoms with E-state index in [-0.39, 0.29) is 5.91 Å². The van der Waals surface area contributed by atoms with E-state index in [1.807, 2.05) is 66.7 Å². The Morgan fingerprint density at radius 3 is 2.55 bits per heavy atom. The third kappa shape index (κ3) is 6.78. The number of hydrogen-bond acceptors (Lipinski definition) is 8. The summed E-state index contributed by atoms with van der Waals surface area (Å²) in [6.07, 6.45) is 4.31. The summed E-state index contributed by atoms with van der Waals surface area (Å²) < 4.78 is 0. The number of likely N-dealkylation sites (N-methyl/N-ethyl adjacent to an activating group) is 1. The minimum absolute atomic E-state index is 0.271. The lowest BCUT2D eigenvalue weighted by molar-refractivity contribution is -0.112. The molecule has 0 spiro atoms. The topological polar surface area (TPSA) is 111 Å². The van der Waals surface area contributed by atoms with E-state index in [4.69, 9.17) is 4.98 Å². The van der Waals surface area contributed by atoms with Crippen LogP contribution in [0.25, 0.3) is 22.0 Å². The maximum Gasteiger partial charge on any atom is 0.247 e. The number of hydroxylamine groups is 2. The molecule has 0 saturated heterocycles. The van der Waals surface area contributed by atoms with Crippen molar-refractivity contribution in [3.63, 3.8) is 0 Å². The molecule has 1 aromatic heterocycles. The molecule has 1 heterocycles. The summed E-state index contributed by atoms with van der Waals surface area (Å²) in [7, 11) is 1.59. The molecule has 3 aromatic carbocycles. The second kappa shape index (κ2) is 12.6. The van der Waals surface area contributed by atoms with Gasteiger partial charge in [0, 0.05) is 67.3 Å². The van der Waals surface area contributed by atoms with Gasteiger partial charge in [-0.3, -0.25) is 4.79 Å². The summed E-state index contributed by atoms with van der Waals surface area (Å²) in [5.41, 5.74) is 5.04. The molecule has 1 amide bonds.